The highest BCUT2D eigenvalue weighted by molar-refractivity contribution is 7.99. The first-order valence-electron chi connectivity index (χ1n) is 6.29. The topological polar surface area (TPSA) is 63.1 Å². The van der Waals surface area contributed by atoms with Crippen LogP contribution in [0.1, 0.15) is 47.3 Å². The molecule has 0 spiro atoms. The molecule has 0 aliphatic heterocycles. The number of carboxylic acid groups (broad SMARTS) is 1. The summed E-state index contributed by atoms with van der Waals surface area (Å²) in [5.74, 6) is 0.761. The number of nitrogens with zero attached hydrogens (tertiary/aromatic N) is 2. The van der Waals surface area contributed by atoms with Crippen LogP contribution in [0.25, 0.3) is 0 Å². The molecular weight excluding hydrogens is 248 g/mol. The molecule has 0 atom stereocenters. The van der Waals surface area contributed by atoms with E-state index in [0.717, 1.165) is 11.3 Å². The smallest absolute Gasteiger partial charge is 0.338 e. The van der Waals surface area contributed by atoms with Crippen molar-refractivity contribution in [3.63, 3.8) is 0 Å². The van der Waals surface area contributed by atoms with Gasteiger partial charge in [0.2, 0.25) is 0 Å². The van der Waals surface area contributed by atoms with Gasteiger partial charge in [-0.1, -0.05) is 12.8 Å². The summed E-state index contributed by atoms with van der Waals surface area (Å²) in [4.78, 5) is 11.3. The Kier molecular flexibility index (Phi) is 4.22. The first-order chi connectivity index (χ1) is 8.59. The number of aryl methyl sites for hydroxylation is 1. The van der Waals surface area contributed by atoms with Crippen LogP contribution in [0.4, 0.5) is 0 Å². The number of carbonyl (C=O) groups is 1. The number of hydrogen-bond donors (Lipinski definition) is 1. The highest BCUT2D eigenvalue weighted by atomic mass is 32.2. The predicted molar refractivity (Wildman–Crippen MR) is 71.1 cm³/mol. The Labute approximate surface area is 111 Å². The molecule has 1 heterocycles. The van der Waals surface area contributed by atoms with Gasteiger partial charge in [-0.3, -0.25) is 0 Å². The molecule has 1 saturated carbocycles. The zero-order valence-corrected chi connectivity index (χ0v) is 11.6. The molecule has 0 saturated heterocycles. The van der Waals surface area contributed by atoms with Crippen LogP contribution in [0.2, 0.25) is 0 Å². The molecule has 0 radical (unpaired) electrons. The molecule has 1 N–H and O–H groups in total. The quantitative estimate of drug-likeness (QED) is 0.848. The number of aromatic nitrogens is 2. The van der Waals surface area contributed by atoms with Gasteiger partial charge in [-0.2, -0.15) is 5.10 Å². The van der Waals surface area contributed by atoms with Crippen molar-refractivity contribution in [2.45, 2.75) is 44.6 Å². The van der Waals surface area contributed by atoms with Gasteiger partial charge < -0.3 is 5.11 Å². The minimum absolute atomic E-state index is 0.325. The van der Waals surface area contributed by atoms with E-state index in [2.05, 4.69) is 10.2 Å². The average molecular weight is 266 g/mol. The summed E-state index contributed by atoms with van der Waals surface area (Å²) in [6.07, 6.45) is 5.12. The normalized spacial score (nSPS) is 16.1. The van der Waals surface area contributed by atoms with E-state index in [1.54, 1.807) is 25.6 Å². The fourth-order valence-corrected chi connectivity index (χ4v) is 3.52. The van der Waals surface area contributed by atoms with Crippen LogP contribution in [0.15, 0.2) is 5.03 Å². The maximum atomic E-state index is 11.3. The molecule has 1 aliphatic rings. The van der Waals surface area contributed by atoms with E-state index < -0.39 is 5.97 Å². The van der Waals surface area contributed by atoms with Crippen molar-refractivity contribution < 1.29 is 9.90 Å². The maximum Gasteiger partial charge on any atom is 0.338 e. The lowest BCUT2D eigenvalue weighted by atomic mass is 10.1. The van der Waals surface area contributed by atoms with Crippen LogP contribution in [-0.2, 0) is 0 Å². The number of rotatable bonds is 4. The van der Waals surface area contributed by atoms with E-state index in [0.29, 0.717) is 22.2 Å². The van der Waals surface area contributed by atoms with Crippen LogP contribution >= 0.6 is 11.8 Å². The van der Waals surface area contributed by atoms with Crippen LogP contribution in [0, 0.1) is 19.8 Å². The minimum Gasteiger partial charge on any atom is -0.478 e. The van der Waals surface area contributed by atoms with Crippen molar-refractivity contribution in [1.82, 2.24) is 10.2 Å². The number of thioether (sulfide) groups is 1. The highest BCUT2D eigenvalue weighted by Gasteiger charge is 2.21. The van der Waals surface area contributed by atoms with Gasteiger partial charge in [0, 0.05) is 5.75 Å². The molecule has 1 aromatic heterocycles. The van der Waals surface area contributed by atoms with Gasteiger partial charge >= 0.3 is 5.97 Å². The Balaban J connectivity index is 2.16. The molecule has 2 rings (SSSR count). The number of carboxylic acids is 1. The van der Waals surface area contributed by atoms with E-state index in [1.165, 1.54) is 25.7 Å². The minimum atomic E-state index is -0.903. The fraction of sp³-hybridized carbons (Fsp3) is 0.615. The molecule has 4 nitrogen and oxygen atoms in total. The second-order valence-electron chi connectivity index (χ2n) is 4.86. The molecule has 0 amide bonds. The summed E-state index contributed by atoms with van der Waals surface area (Å²) in [7, 11) is 0. The number of aromatic carboxylic acids is 1. The van der Waals surface area contributed by atoms with Crippen molar-refractivity contribution in [1.29, 1.82) is 0 Å². The predicted octanol–water partition coefficient (Wildman–Crippen LogP) is 3.07. The average Bonchev–Trinajstić information content (AvgIpc) is 2.83. The molecule has 18 heavy (non-hydrogen) atoms. The molecule has 0 unspecified atom stereocenters. The Hall–Kier alpha value is -1.10. The molecule has 1 fully saturated rings. The lowest BCUT2D eigenvalue weighted by Crippen LogP contribution is -2.09. The first-order valence-corrected chi connectivity index (χ1v) is 7.28. The lowest BCUT2D eigenvalue weighted by Gasteiger charge is -2.11. The Morgan fingerprint density at radius 2 is 2.00 bits per heavy atom. The maximum absolute atomic E-state index is 11.3. The third-order valence-electron chi connectivity index (χ3n) is 3.57. The molecular formula is C13H18N2O2S. The van der Waals surface area contributed by atoms with Gasteiger partial charge in [-0.25, -0.2) is 4.79 Å². The third-order valence-corrected chi connectivity index (χ3v) is 4.76. The van der Waals surface area contributed by atoms with Crippen LogP contribution < -0.4 is 0 Å². The Morgan fingerprint density at radius 3 is 2.61 bits per heavy atom. The van der Waals surface area contributed by atoms with Crippen LogP contribution in [0.3, 0.4) is 0 Å². The zero-order chi connectivity index (χ0) is 13.1. The second-order valence-corrected chi connectivity index (χ2v) is 5.87. The lowest BCUT2D eigenvalue weighted by molar-refractivity contribution is 0.0690. The van der Waals surface area contributed by atoms with Gasteiger partial charge in [-0.15, -0.1) is 16.9 Å². The molecule has 5 heteroatoms. The standard InChI is InChI=1S/C13H18N2O2S/c1-8-9(2)14-15-12(11(8)13(16)17)18-7-10-5-3-4-6-10/h10H,3-7H2,1-2H3,(H,16,17). The molecule has 0 aromatic carbocycles. The van der Waals surface area contributed by atoms with E-state index in [4.69, 9.17) is 0 Å². The summed E-state index contributed by atoms with van der Waals surface area (Å²) in [5, 5.41) is 17.9. The van der Waals surface area contributed by atoms with Gasteiger partial charge in [0.25, 0.3) is 0 Å². The van der Waals surface area contributed by atoms with Crippen molar-refractivity contribution in [2.75, 3.05) is 5.75 Å². The second kappa shape index (κ2) is 5.69. The van der Waals surface area contributed by atoms with Crippen molar-refractivity contribution in [3.8, 4) is 0 Å². The van der Waals surface area contributed by atoms with Crippen molar-refractivity contribution in [3.05, 3.63) is 16.8 Å². The summed E-state index contributed by atoms with van der Waals surface area (Å²) in [6.45, 7) is 3.59. The molecule has 1 aromatic rings. The van der Waals surface area contributed by atoms with Gasteiger partial charge in [-0.05, 0) is 38.2 Å². The highest BCUT2D eigenvalue weighted by Crippen LogP contribution is 2.32. The third kappa shape index (κ3) is 2.83. The van der Waals surface area contributed by atoms with Crippen molar-refractivity contribution in [2.24, 2.45) is 5.92 Å². The monoisotopic (exact) mass is 266 g/mol. The summed E-state index contributed by atoms with van der Waals surface area (Å²) in [5.41, 5.74) is 1.74. The SMILES string of the molecule is Cc1nnc(SCC2CCCC2)c(C(=O)O)c1C. The largest absolute Gasteiger partial charge is 0.478 e. The van der Waals surface area contributed by atoms with Gasteiger partial charge in [0.15, 0.2) is 0 Å². The van der Waals surface area contributed by atoms with Crippen molar-refractivity contribution >= 4 is 17.7 Å². The van der Waals surface area contributed by atoms with E-state index >= 15 is 0 Å². The zero-order valence-electron chi connectivity index (χ0n) is 10.8. The first kappa shape index (κ1) is 13.3. The van der Waals surface area contributed by atoms with Gasteiger partial charge in [0.05, 0.1) is 11.3 Å². The van der Waals surface area contributed by atoms with E-state index in [1.807, 2.05) is 0 Å². The van der Waals surface area contributed by atoms with E-state index in [9.17, 15) is 9.90 Å². The van der Waals surface area contributed by atoms with Gasteiger partial charge in [0.1, 0.15) is 5.03 Å². The summed E-state index contributed by atoms with van der Waals surface area (Å²) in [6, 6.07) is 0. The summed E-state index contributed by atoms with van der Waals surface area (Å²) >= 11 is 1.54. The number of hydrogen-bond acceptors (Lipinski definition) is 4. The molecule has 1 aliphatic carbocycles. The fourth-order valence-electron chi connectivity index (χ4n) is 2.31. The Morgan fingerprint density at radius 1 is 1.33 bits per heavy atom. The van der Waals surface area contributed by atoms with Crippen LogP contribution in [0.5, 0.6) is 0 Å². The molecule has 0 bridgehead atoms. The van der Waals surface area contributed by atoms with E-state index in [-0.39, 0.29) is 0 Å². The summed E-state index contributed by atoms with van der Waals surface area (Å²) < 4.78 is 0. The van der Waals surface area contributed by atoms with Crippen LogP contribution in [-0.4, -0.2) is 27.0 Å². The molecule has 98 valence electrons. The Bertz CT molecular complexity index is 457.